The molecule has 1 amide bonds. The van der Waals surface area contributed by atoms with E-state index in [-0.39, 0.29) is 25.3 Å². The number of rotatable bonds is 3. The molecule has 104 valence electrons. The van der Waals surface area contributed by atoms with Crippen molar-refractivity contribution in [1.29, 1.82) is 0 Å². The minimum atomic E-state index is -0.898. The summed E-state index contributed by atoms with van der Waals surface area (Å²) in [5.41, 5.74) is 4.10. The summed E-state index contributed by atoms with van der Waals surface area (Å²) in [7, 11) is 0. The number of ether oxygens (including phenoxy) is 1. The number of hydrogen-bond acceptors (Lipinski definition) is 6. The van der Waals surface area contributed by atoms with Crippen molar-refractivity contribution in [1.82, 2.24) is 9.55 Å². The second-order valence-electron chi connectivity index (χ2n) is 4.36. The van der Waals surface area contributed by atoms with Crippen molar-refractivity contribution in [2.24, 2.45) is 5.73 Å². The molecule has 2 rings (SSSR count). The van der Waals surface area contributed by atoms with E-state index in [1.807, 2.05) is 0 Å². The topological polar surface area (TPSA) is 128 Å². The van der Waals surface area contributed by atoms with Crippen molar-refractivity contribution in [3.8, 4) is 0 Å². The Labute approximate surface area is 108 Å². The summed E-state index contributed by atoms with van der Waals surface area (Å²) in [6, 6.07) is -0.425. The Balaban J connectivity index is 2.27. The molecule has 1 saturated heterocycles. The van der Waals surface area contributed by atoms with Gasteiger partial charge in [-0.1, -0.05) is 0 Å². The van der Waals surface area contributed by atoms with Crippen LogP contribution in [0.15, 0.2) is 17.2 Å². The third kappa shape index (κ3) is 2.65. The van der Waals surface area contributed by atoms with Gasteiger partial charge in [-0.2, -0.15) is 0 Å². The standard InChI is InChI=1S/C11H15N3O5/c12-10(17)9-11(18)14(2-1-13-9)6-3-7(16)8(4-15)19-5-6/h1-2,6-8,15-16H,3-5H2,(H2,12,17)/t6-,7+,8+/m0/s1. The molecular weight excluding hydrogens is 254 g/mol. The maximum atomic E-state index is 12.0. The SMILES string of the molecule is NC(=O)c1nccn([C@@H]2CO[C@H](CO)[C@H](O)C2)c1=O. The van der Waals surface area contributed by atoms with Crippen LogP contribution in [0.25, 0.3) is 0 Å². The van der Waals surface area contributed by atoms with Gasteiger partial charge in [0.2, 0.25) is 0 Å². The highest BCUT2D eigenvalue weighted by molar-refractivity contribution is 5.90. The summed E-state index contributed by atoms with van der Waals surface area (Å²) >= 11 is 0. The molecule has 0 saturated carbocycles. The van der Waals surface area contributed by atoms with Crippen LogP contribution in [-0.2, 0) is 4.74 Å². The van der Waals surface area contributed by atoms with Crippen molar-refractivity contribution < 1.29 is 19.7 Å². The van der Waals surface area contributed by atoms with Gasteiger partial charge >= 0.3 is 0 Å². The molecule has 1 fully saturated rings. The largest absolute Gasteiger partial charge is 0.394 e. The molecule has 19 heavy (non-hydrogen) atoms. The second kappa shape index (κ2) is 5.47. The number of aliphatic hydroxyl groups is 2. The highest BCUT2D eigenvalue weighted by Crippen LogP contribution is 2.22. The monoisotopic (exact) mass is 269 g/mol. The van der Waals surface area contributed by atoms with Gasteiger partial charge in [0.1, 0.15) is 6.10 Å². The van der Waals surface area contributed by atoms with Crippen molar-refractivity contribution >= 4 is 5.91 Å². The molecule has 0 aromatic carbocycles. The number of aromatic nitrogens is 2. The van der Waals surface area contributed by atoms with E-state index in [0.717, 1.165) is 0 Å². The first kappa shape index (κ1) is 13.7. The summed E-state index contributed by atoms with van der Waals surface area (Å²) in [5.74, 6) is -0.898. The van der Waals surface area contributed by atoms with Crippen LogP contribution in [0.1, 0.15) is 23.0 Å². The van der Waals surface area contributed by atoms with Crippen LogP contribution in [0.4, 0.5) is 0 Å². The Hall–Kier alpha value is -1.77. The summed E-state index contributed by atoms with van der Waals surface area (Å²) < 4.78 is 6.53. The van der Waals surface area contributed by atoms with Crippen LogP contribution < -0.4 is 11.3 Å². The lowest BCUT2D eigenvalue weighted by atomic mass is 10.0. The minimum absolute atomic E-state index is 0.157. The van der Waals surface area contributed by atoms with Gasteiger partial charge in [-0.15, -0.1) is 0 Å². The van der Waals surface area contributed by atoms with E-state index in [9.17, 15) is 14.7 Å². The Bertz CT molecular complexity index is 529. The average molecular weight is 269 g/mol. The zero-order valence-corrected chi connectivity index (χ0v) is 10.1. The Morgan fingerprint density at radius 3 is 2.95 bits per heavy atom. The highest BCUT2D eigenvalue weighted by Gasteiger charge is 2.31. The normalized spacial score (nSPS) is 27.2. The molecule has 1 aromatic rings. The fourth-order valence-electron chi connectivity index (χ4n) is 2.09. The Morgan fingerprint density at radius 1 is 1.63 bits per heavy atom. The lowest BCUT2D eigenvalue weighted by Crippen LogP contribution is -2.44. The van der Waals surface area contributed by atoms with Gasteiger partial charge in [0.15, 0.2) is 5.69 Å². The van der Waals surface area contributed by atoms with E-state index < -0.39 is 29.7 Å². The number of carbonyl (C=O) groups excluding carboxylic acids is 1. The van der Waals surface area contributed by atoms with Gasteiger partial charge in [0, 0.05) is 12.4 Å². The van der Waals surface area contributed by atoms with Crippen molar-refractivity contribution in [3.63, 3.8) is 0 Å². The fraction of sp³-hybridized carbons (Fsp3) is 0.545. The predicted molar refractivity (Wildman–Crippen MR) is 63.5 cm³/mol. The summed E-state index contributed by atoms with van der Waals surface area (Å²) in [6.07, 6.45) is 1.43. The van der Waals surface area contributed by atoms with Crippen molar-refractivity contribution in [3.05, 3.63) is 28.4 Å². The van der Waals surface area contributed by atoms with Gasteiger partial charge in [-0.3, -0.25) is 9.59 Å². The molecule has 0 spiro atoms. The molecular formula is C11H15N3O5. The fourth-order valence-corrected chi connectivity index (χ4v) is 2.09. The number of amides is 1. The van der Waals surface area contributed by atoms with Crippen LogP contribution >= 0.6 is 0 Å². The van der Waals surface area contributed by atoms with E-state index in [4.69, 9.17) is 15.6 Å². The molecule has 8 nitrogen and oxygen atoms in total. The smallest absolute Gasteiger partial charge is 0.282 e. The van der Waals surface area contributed by atoms with Gasteiger partial charge in [-0.25, -0.2) is 4.98 Å². The molecule has 0 aliphatic carbocycles. The Morgan fingerprint density at radius 2 is 2.37 bits per heavy atom. The lowest BCUT2D eigenvalue weighted by molar-refractivity contribution is -0.113. The molecule has 1 aliphatic heterocycles. The lowest BCUT2D eigenvalue weighted by Gasteiger charge is -2.33. The van der Waals surface area contributed by atoms with E-state index in [0.29, 0.717) is 0 Å². The number of hydrogen-bond donors (Lipinski definition) is 3. The minimum Gasteiger partial charge on any atom is -0.394 e. The van der Waals surface area contributed by atoms with E-state index >= 15 is 0 Å². The maximum Gasteiger partial charge on any atom is 0.282 e. The van der Waals surface area contributed by atoms with E-state index in [2.05, 4.69) is 4.98 Å². The number of nitrogens with zero attached hydrogens (tertiary/aromatic N) is 2. The second-order valence-corrected chi connectivity index (χ2v) is 4.36. The summed E-state index contributed by atoms with van der Waals surface area (Å²) in [4.78, 5) is 26.7. The maximum absolute atomic E-state index is 12.0. The van der Waals surface area contributed by atoms with Crippen LogP contribution in [-0.4, -0.2) is 51.1 Å². The van der Waals surface area contributed by atoms with Crippen LogP contribution in [0.2, 0.25) is 0 Å². The molecule has 1 aliphatic rings. The van der Waals surface area contributed by atoms with Crippen molar-refractivity contribution in [2.75, 3.05) is 13.2 Å². The molecule has 4 N–H and O–H groups in total. The Kier molecular flexibility index (Phi) is 3.93. The number of aliphatic hydroxyl groups excluding tert-OH is 2. The number of carbonyl (C=O) groups is 1. The molecule has 0 unspecified atom stereocenters. The van der Waals surface area contributed by atoms with E-state index in [1.165, 1.54) is 17.0 Å². The molecule has 0 radical (unpaired) electrons. The van der Waals surface area contributed by atoms with Gasteiger partial charge in [0.05, 0.1) is 25.4 Å². The third-order valence-corrected chi connectivity index (χ3v) is 3.12. The molecule has 0 bridgehead atoms. The van der Waals surface area contributed by atoms with Crippen LogP contribution in [0.5, 0.6) is 0 Å². The van der Waals surface area contributed by atoms with Crippen LogP contribution in [0, 0.1) is 0 Å². The molecule has 3 atom stereocenters. The summed E-state index contributed by atoms with van der Waals surface area (Å²) in [5, 5.41) is 18.7. The number of primary amides is 1. The molecule has 1 aromatic heterocycles. The molecule has 2 heterocycles. The van der Waals surface area contributed by atoms with Crippen LogP contribution in [0.3, 0.4) is 0 Å². The molecule has 8 heteroatoms. The van der Waals surface area contributed by atoms with Gasteiger partial charge < -0.3 is 25.3 Å². The first-order valence-electron chi connectivity index (χ1n) is 5.82. The van der Waals surface area contributed by atoms with Gasteiger partial charge in [-0.05, 0) is 6.42 Å². The van der Waals surface area contributed by atoms with Crippen molar-refractivity contribution in [2.45, 2.75) is 24.7 Å². The van der Waals surface area contributed by atoms with Gasteiger partial charge in [0.25, 0.3) is 11.5 Å². The zero-order chi connectivity index (χ0) is 14.0. The first-order chi connectivity index (χ1) is 9.04. The third-order valence-electron chi connectivity index (χ3n) is 3.12. The predicted octanol–water partition coefficient (Wildman–Crippen LogP) is -1.97. The van der Waals surface area contributed by atoms with E-state index in [1.54, 1.807) is 0 Å². The number of nitrogens with two attached hydrogens (primary N) is 1. The zero-order valence-electron chi connectivity index (χ0n) is 10.1. The summed E-state index contributed by atoms with van der Waals surface area (Å²) in [6.45, 7) is -0.129. The quantitative estimate of drug-likeness (QED) is 0.583. The first-order valence-corrected chi connectivity index (χ1v) is 5.82. The average Bonchev–Trinajstić information content (AvgIpc) is 2.38. The highest BCUT2D eigenvalue weighted by atomic mass is 16.5.